The molecular formula is C28H32ClN5O3. The maximum atomic E-state index is 13.3. The summed E-state index contributed by atoms with van der Waals surface area (Å²) in [7, 11) is 0. The van der Waals surface area contributed by atoms with Gasteiger partial charge in [-0.3, -0.25) is 19.7 Å². The molecule has 9 heteroatoms. The third-order valence-electron chi connectivity index (χ3n) is 7.25. The molecule has 0 radical (unpaired) electrons. The predicted molar refractivity (Wildman–Crippen MR) is 143 cm³/mol. The van der Waals surface area contributed by atoms with Crippen LogP contribution in [0.1, 0.15) is 58.6 Å². The maximum Gasteiger partial charge on any atom is 0.411 e. The monoisotopic (exact) mass is 521 g/mol. The number of aryl methyl sites for hydroxylation is 1. The minimum atomic E-state index is -0.616. The van der Waals surface area contributed by atoms with Gasteiger partial charge in [-0.05, 0) is 61.9 Å². The number of fused-ring (bicyclic) bond motifs is 2. The Balaban J connectivity index is 1.35. The van der Waals surface area contributed by atoms with Crippen molar-refractivity contribution in [3.05, 3.63) is 69.6 Å². The van der Waals surface area contributed by atoms with E-state index in [1.807, 2.05) is 32.2 Å². The highest BCUT2D eigenvalue weighted by Gasteiger charge is 2.32. The number of amides is 2. The van der Waals surface area contributed by atoms with Crippen LogP contribution in [0.4, 0.5) is 4.79 Å². The Morgan fingerprint density at radius 1 is 1.22 bits per heavy atom. The molecule has 2 N–H and O–H groups in total. The summed E-state index contributed by atoms with van der Waals surface area (Å²) < 4.78 is 5.21. The average Bonchev–Trinajstić information content (AvgIpc) is 2.91. The van der Waals surface area contributed by atoms with Crippen LogP contribution in [0.25, 0.3) is 10.9 Å². The number of ether oxygens (including phenoxy) is 1. The van der Waals surface area contributed by atoms with Crippen molar-refractivity contribution in [1.82, 2.24) is 19.8 Å². The second-order valence-electron chi connectivity index (χ2n) is 9.91. The van der Waals surface area contributed by atoms with Gasteiger partial charge in [-0.1, -0.05) is 30.7 Å². The van der Waals surface area contributed by atoms with Gasteiger partial charge in [0.1, 0.15) is 6.17 Å². The highest BCUT2D eigenvalue weighted by molar-refractivity contribution is 6.36. The number of nitrogens with zero attached hydrogens (tertiary/aromatic N) is 4. The van der Waals surface area contributed by atoms with E-state index in [1.165, 1.54) is 4.90 Å². The molecule has 37 heavy (non-hydrogen) atoms. The molecule has 8 nitrogen and oxygen atoms in total. The van der Waals surface area contributed by atoms with Gasteiger partial charge in [-0.15, -0.1) is 0 Å². The van der Waals surface area contributed by atoms with Gasteiger partial charge in [-0.2, -0.15) is 0 Å². The zero-order chi connectivity index (χ0) is 26.1. The minimum absolute atomic E-state index is 0.142. The summed E-state index contributed by atoms with van der Waals surface area (Å²) in [6.07, 6.45) is 4.19. The van der Waals surface area contributed by atoms with Gasteiger partial charge in [0.05, 0.1) is 23.7 Å². The Hall–Kier alpha value is -3.23. The molecule has 1 unspecified atom stereocenters. The molecule has 3 heterocycles. The van der Waals surface area contributed by atoms with Crippen LogP contribution >= 0.6 is 11.6 Å². The number of aromatic nitrogens is 2. The maximum absolute atomic E-state index is 13.3. The van der Waals surface area contributed by atoms with Crippen molar-refractivity contribution in [3.63, 3.8) is 0 Å². The molecule has 2 aliphatic rings. The van der Waals surface area contributed by atoms with Crippen molar-refractivity contribution in [2.24, 2.45) is 5.73 Å². The molecule has 0 bridgehead atoms. The summed E-state index contributed by atoms with van der Waals surface area (Å²) in [5.74, 6) is 0.150. The number of nitrogens with two attached hydrogens (primary N) is 1. The standard InChI is InChI=1S/C28H32ClN5O3/c1-3-12-37-28(36)34-11-10-33(16-25(34)30)27(35)19-6-8-21-24(14-19)32-23-13-18(5-7-20(23)26(21)29)22-9-4-17(2)15-31-22/h4,6,8-9,14-15,18,25H,3,5,7,10-13,16,30H2,1-2H3/t18?,25-/m0/s1. The van der Waals surface area contributed by atoms with Gasteiger partial charge < -0.3 is 15.4 Å². The Morgan fingerprint density at radius 2 is 2.05 bits per heavy atom. The average molecular weight is 522 g/mol. The minimum Gasteiger partial charge on any atom is -0.449 e. The van der Waals surface area contributed by atoms with Crippen molar-refractivity contribution in [1.29, 1.82) is 0 Å². The second-order valence-corrected chi connectivity index (χ2v) is 10.3. The first-order chi connectivity index (χ1) is 17.9. The first-order valence-electron chi connectivity index (χ1n) is 12.9. The van der Waals surface area contributed by atoms with Crippen molar-refractivity contribution >= 4 is 34.5 Å². The lowest BCUT2D eigenvalue weighted by Crippen LogP contribution is -2.60. The molecule has 2 aromatic heterocycles. The lowest BCUT2D eigenvalue weighted by molar-refractivity contribution is 0.0390. The molecule has 1 aromatic carbocycles. The van der Waals surface area contributed by atoms with E-state index in [9.17, 15) is 9.59 Å². The summed E-state index contributed by atoms with van der Waals surface area (Å²) in [6.45, 7) is 5.27. The van der Waals surface area contributed by atoms with Crippen molar-refractivity contribution in [2.75, 3.05) is 26.2 Å². The number of carbonyl (C=O) groups is 2. The zero-order valence-corrected chi connectivity index (χ0v) is 22.0. The van der Waals surface area contributed by atoms with Gasteiger partial charge in [0.15, 0.2) is 0 Å². The zero-order valence-electron chi connectivity index (χ0n) is 21.2. The van der Waals surface area contributed by atoms with E-state index in [1.54, 1.807) is 11.0 Å². The molecule has 1 aliphatic carbocycles. The summed E-state index contributed by atoms with van der Waals surface area (Å²) in [5, 5.41) is 1.57. The molecule has 2 amide bonds. The molecule has 5 rings (SSSR count). The normalized spacial score (nSPS) is 19.6. The van der Waals surface area contributed by atoms with Gasteiger partial charge in [0.25, 0.3) is 5.91 Å². The van der Waals surface area contributed by atoms with E-state index in [0.717, 1.165) is 58.6 Å². The number of benzene rings is 1. The van der Waals surface area contributed by atoms with Gasteiger partial charge >= 0.3 is 6.09 Å². The lowest BCUT2D eigenvalue weighted by atomic mass is 9.84. The third kappa shape index (κ3) is 5.13. The largest absolute Gasteiger partial charge is 0.449 e. The van der Waals surface area contributed by atoms with Gasteiger partial charge in [0, 0.05) is 47.5 Å². The number of halogens is 1. The van der Waals surface area contributed by atoms with Crippen LogP contribution in [0.2, 0.25) is 5.02 Å². The van der Waals surface area contributed by atoms with Crippen LogP contribution in [0.15, 0.2) is 36.5 Å². The number of piperazine rings is 1. The summed E-state index contributed by atoms with van der Waals surface area (Å²) in [6, 6.07) is 9.67. The lowest BCUT2D eigenvalue weighted by Gasteiger charge is -2.38. The predicted octanol–water partition coefficient (Wildman–Crippen LogP) is 4.45. The SMILES string of the molecule is CCCOC(=O)N1CCN(C(=O)c2ccc3c(Cl)c4c(nc3c2)CC(c2ccc(C)cn2)CC4)C[C@H]1N. The third-order valence-corrected chi connectivity index (χ3v) is 7.69. The van der Waals surface area contributed by atoms with Gasteiger partial charge in [-0.25, -0.2) is 4.79 Å². The molecule has 2 atom stereocenters. The van der Waals surface area contributed by atoms with Crippen molar-refractivity contribution in [2.45, 2.75) is 51.6 Å². The molecule has 1 saturated heterocycles. The summed E-state index contributed by atoms with van der Waals surface area (Å²) >= 11 is 6.84. The van der Waals surface area contributed by atoms with Crippen LogP contribution < -0.4 is 5.73 Å². The number of rotatable bonds is 4. The van der Waals surface area contributed by atoms with Gasteiger partial charge in [0.2, 0.25) is 0 Å². The van der Waals surface area contributed by atoms with E-state index < -0.39 is 12.3 Å². The van der Waals surface area contributed by atoms with E-state index in [0.29, 0.717) is 36.7 Å². The van der Waals surface area contributed by atoms with Crippen LogP contribution in [0.3, 0.4) is 0 Å². The molecule has 3 aromatic rings. The Kier molecular flexibility index (Phi) is 7.31. The molecule has 0 saturated carbocycles. The highest BCUT2D eigenvalue weighted by atomic mass is 35.5. The highest BCUT2D eigenvalue weighted by Crippen LogP contribution is 2.37. The second kappa shape index (κ2) is 10.6. The number of carbonyl (C=O) groups excluding carboxylic acids is 2. The van der Waals surface area contributed by atoms with Crippen LogP contribution in [0.5, 0.6) is 0 Å². The van der Waals surface area contributed by atoms with Crippen LogP contribution in [-0.4, -0.2) is 64.2 Å². The van der Waals surface area contributed by atoms with E-state index in [2.05, 4.69) is 17.1 Å². The Morgan fingerprint density at radius 3 is 2.78 bits per heavy atom. The van der Waals surface area contributed by atoms with Crippen molar-refractivity contribution < 1.29 is 14.3 Å². The number of hydrogen-bond donors (Lipinski definition) is 1. The summed E-state index contributed by atoms with van der Waals surface area (Å²) in [4.78, 5) is 38.3. The first kappa shape index (κ1) is 25.4. The topological polar surface area (TPSA) is 102 Å². The van der Waals surface area contributed by atoms with E-state index in [4.69, 9.17) is 27.1 Å². The fourth-order valence-corrected chi connectivity index (χ4v) is 5.53. The fraction of sp³-hybridized carbons (Fsp3) is 0.429. The van der Waals surface area contributed by atoms with Crippen LogP contribution in [-0.2, 0) is 17.6 Å². The number of pyridine rings is 2. The summed E-state index contributed by atoms with van der Waals surface area (Å²) in [5.41, 5.74) is 11.7. The van der Waals surface area contributed by atoms with E-state index >= 15 is 0 Å². The fourth-order valence-electron chi connectivity index (χ4n) is 5.17. The molecule has 1 aliphatic heterocycles. The van der Waals surface area contributed by atoms with E-state index in [-0.39, 0.29) is 12.5 Å². The molecule has 194 valence electrons. The van der Waals surface area contributed by atoms with Crippen molar-refractivity contribution in [3.8, 4) is 0 Å². The smallest absolute Gasteiger partial charge is 0.411 e. The molecule has 0 spiro atoms. The first-order valence-corrected chi connectivity index (χ1v) is 13.2. The number of hydrogen-bond acceptors (Lipinski definition) is 6. The molecular weight excluding hydrogens is 490 g/mol. The van der Waals surface area contributed by atoms with Crippen LogP contribution in [0, 0.1) is 6.92 Å². The Labute approximate surface area is 221 Å². The molecule has 1 fully saturated rings. The Bertz CT molecular complexity index is 1330. The quantitative estimate of drug-likeness (QED) is 0.544.